The van der Waals surface area contributed by atoms with E-state index < -0.39 is 57.8 Å². The molecule has 0 aliphatic carbocycles. The summed E-state index contributed by atoms with van der Waals surface area (Å²) in [4.78, 5) is 48.7. The molecule has 0 aliphatic rings. The quantitative estimate of drug-likeness (QED) is 0.0197. The molecule has 0 bridgehead atoms. The largest absolute Gasteiger partial charge is 0.472 e. The number of ether oxygens (including phenoxy) is 3. The first-order valence-electron chi connectivity index (χ1n) is 32.1. The molecule has 0 rings (SSSR count). The van der Waals surface area contributed by atoms with E-state index >= 15 is 0 Å². The third kappa shape index (κ3) is 60.2. The summed E-state index contributed by atoms with van der Waals surface area (Å²) in [6.07, 6.45) is 79.9. The summed E-state index contributed by atoms with van der Waals surface area (Å²) in [7, 11) is -4.79. The molecule has 0 aromatic heterocycles. The maximum absolute atomic E-state index is 13.0. The fourth-order valence-corrected chi connectivity index (χ4v) is 9.03. The van der Waals surface area contributed by atoms with Gasteiger partial charge in [0.05, 0.1) is 19.8 Å². The van der Waals surface area contributed by atoms with Crippen LogP contribution in [0.25, 0.3) is 0 Å². The summed E-state index contributed by atoms with van der Waals surface area (Å²) in [5.41, 5.74) is 0. The van der Waals surface area contributed by atoms with Gasteiger partial charge in [0.2, 0.25) is 0 Å². The van der Waals surface area contributed by atoms with Crippen LogP contribution in [0.15, 0.2) is 134 Å². The predicted molar refractivity (Wildman–Crippen MR) is 343 cm³/mol. The van der Waals surface area contributed by atoms with E-state index in [1.54, 1.807) is 0 Å². The van der Waals surface area contributed by atoms with E-state index in [1.807, 2.05) is 12.2 Å². The predicted octanol–water partition coefficient (Wildman–Crippen LogP) is 19.7. The van der Waals surface area contributed by atoms with Crippen LogP contribution in [0.4, 0.5) is 0 Å². The number of esters is 3. The van der Waals surface area contributed by atoms with Crippen molar-refractivity contribution >= 4 is 25.7 Å². The third-order valence-corrected chi connectivity index (χ3v) is 14.0. The highest BCUT2D eigenvalue weighted by molar-refractivity contribution is 7.47. The van der Waals surface area contributed by atoms with Gasteiger partial charge in [-0.3, -0.25) is 23.4 Å². The first-order valence-corrected chi connectivity index (χ1v) is 33.6. The molecule has 82 heavy (non-hydrogen) atoms. The Balaban J connectivity index is 4.83. The van der Waals surface area contributed by atoms with Crippen LogP contribution in [-0.4, -0.2) is 66.5 Å². The lowest BCUT2D eigenvalue weighted by molar-refractivity contribution is -0.161. The Bertz CT molecular complexity index is 1890. The van der Waals surface area contributed by atoms with Gasteiger partial charge in [-0.15, -0.1) is 0 Å². The number of hydrogen-bond donors (Lipinski definition) is 2. The van der Waals surface area contributed by atoms with Crippen molar-refractivity contribution in [2.75, 3.05) is 26.4 Å². The number of aliphatic hydroxyl groups is 1. The van der Waals surface area contributed by atoms with Gasteiger partial charge in [-0.1, -0.05) is 244 Å². The lowest BCUT2D eigenvalue weighted by Crippen LogP contribution is -2.30. The molecule has 0 spiro atoms. The lowest BCUT2D eigenvalue weighted by atomic mass is 10.1. The SMILES string of the molecule is CC/C=C\C/C=C\C/C=C\C/C=C\C/C=C\C/C=C\CCC(=O)OC(COC(=O)CCCCCCCCC/C=C\CCCCCCCC)COP(=O)(O)OCC(CO)OC(=O)CCCCCCCC/C=C\C/C=C\C/C=C\C/C=C\CC. The fourth-order valence-electron chi connectivity index (χ4n) is 8.25. The Hall–Kier alpha value is -4.38. The van der Waals surface area contributed by atoms with Gasteiger partial charge in [0.25, 0.3) is 0 Å². The highest BCUT2D eigenvalue weighted by atomic mass is 31.2. The molecule has 0 fully saturated rings. The smallest absolute Gasteiger partial charge is 0.462 e. The van der Waals surface area contributed by atoms with Crippen molar-refractivity contribution in [1.29, 1.82) is 0 Å². The molecule has 0 radical (unpaired) electrons. The fraction of sp³-hybridized carbons (Fsp3) is 0.643. The van der Waals surface area contributed by atoms with Crippen molar-refractivity contribution in [3.63, 3.8) is 0 Å². The van der Waals surface area contributed by atoms with Crippen LogP contribution in [-0.2, 0) is 42.2 Å². The number of aliphatic hydroxyl groups excluding tert-OH is 1. The molecule has 12 heteroatoms. The second-order valence-electron chi connectivity index (χ2n) is 20.8. The lowest BCUT2D eigenvalue weighted by Gasteiger charge is -2.21. The van der Waals surface area contributed by atoms with Crippen molar-refractivity contribution in [2.24, 2.45) is 0 Å². The van der Waals surface area contributed by atoms with Gasteiger partial charge >= 0.3 is 25.7 Å². The van der Waals surface area contributed by atoms with Crippen LogP contribution >= 0.6 is 7.82 Å². The molecule has 3 unspecified atom stereocenters. The van der Waals surface area contributed by atoms with Gasteiger partial charge < -0.3 is 24.2 Å². The zero-order valence-corrected chi connectivity index (χ0v) is 52.6. The Morgan fingerprint density at radius 3 is 1.06 bits per heavy atom. The van der Waals surface area contributed by atoms with Crippen LogP contribution in [0, 0.1) is 0 Å². The molecule has 0 saturated carbocycles. The van der Waals surface area contributed by atoms with Crippen molar-refractivity contribution in [1.82, 2.24) is 0 Å². The maximum Gasteiger partial charge on any atom is 0.472 e. The van der Waals surface area contributed by atoms with Crippen LogP contribution in [0.1, 0.15) is 252 Å². The maximum atomic E-state index is 13.0. The zero-order valence-electron chi connectivity index (χ0n) is 51.7. The molecule has 0 saturated heterocycles. The van der Waals surface area contributed by atoms with Gasteiger partial charge in [0.1, 0.15) is 12.7 Å². The van der Waals surface area contributed by atoms with Gasteiger partial charge in [0.15, 0.2) is 6.10 Å². The number of hydrogen-bond acceptors (Lipinski definition) is 10. The highest BCUT2D eigenvalue weighted by Gasteiger charge is 2.28. The minimum atomic E-state index is -4.79. The van der Waals surface area contributed by atoms with Crippen molar-refractivity contribution in [3.05, 3.63) is 134 Å². The number of unbranched alkanes of at least 4 members (excludes halogenated alkanes) is 19. The average molecular weight is 1160 g/mol. The van der Waals surface area contributed by atoms with Crippen LogP contribution in [0.3, 0.4) is 0 Å². The number of rotatable bonds is 58. The number of phosphoric ester groups is 1. The zero-order chi connectivity index (χ0) is 59.8. The average Bonchev–Trinajstić information content (AvgIpc) is 3.50. The molecule has 0 aliphatic heterocycles. The van der Waals surface area contributed by atoms with E-state index in [4.69, 9.17) is 23.3 Å². The van der Waals surface area contributed by atoms with Gasteiger partial charge in [-0.05, 0) is 122 Å². The molecule has 0 amide bonds. The minimum absolute atomic E-state index is 0.0344. The van der Waals surface area contributed by atoms with Crippen molar-refractivity contribution in [2.45, 2.75) is 264 Å². The van der Waals surface area contributed by atoms with E-state index in [2.05, 4.69) is 142 Å². The molecule has 3 atom stereocenters. The van der Waals surface area contributed by atoms with E-state index in [0.717, 1.165) is 122 Å². The molecule has 0 aromatic rings. The van der Waals surface area contributed by atoms with E-state index in [9.17, 15) is 28.9 Å². The Morgan fingerprint density at radius 1 is 0.354 bits per heavy atom. The second-order valence-corrected chi connectivity index (χ2v) is 22.3. The first-order chi connectivity index (χ1) is 40.2. The highest BCUT2D eigenvalue weighted by Crippen LogP contribution is 2.43. The third-order valence-electron chi connectivity index (χ3n) is 13.1. The van der Waals surface area contributed by atoms with Gasteiger partial charge in [0, 0.05) is 19.3 Å². The van der Waals surface area contributed by atoms with E-state index in [-0.39, 0.29) is 25.9 Å². The van der Waals surface area contributed by atoms with E-state index in [1.165, 1.54) is 64.2 Å². The summed E-state index contributed by atoms with van der Waals surface area (Å²) in [5.74, 6) is -1.59. The molecule has 0 heterocycles. The standard InChI is InChI=1S/C70H115O11P/c1-4-7-10-13-16-19-22-25-28-31-33-36-39-42-45-48-51-54-57-60-69(73)80-66(62-71)64-78-82(75,76)79-65-67(63-77-68(72)59-56-53-50-47-44-41-38-35-30-27-24-21-18-15-12-9-6-3)81-70(74)61-58-55-52-49-46-43-40-37-34-32-29-26-23-20-17-14-11-8-5-2/h7-8,10-11,16-17,19-20,25-30,33-34,36-37,43,46,52,55,66-67,71H,4-6,9,12-15,18,21-24,31-32,35,38-42,44-45,47-51,53-54,56-65H2,1-3H3,(H,75,76)/b10-7-,11-8-,19-16-,20-17-,28-25-,29-26-,30-27-,36-33-,37-34-,46-43-,55-52-. The van der Waals surface area contributed by atoms with Crippen molar-refractivity contribution in [3.8, 4) is 0 Å². The second kappa shape index (κ2) is 62.7. The Labute approximate surface area is 500 Å². The molecular formula is C70H115O11P. The number of allylic oxidation sites excluding steroid dienone is 22. The van der Waals surface area contributed by atoms with Crippen LogP contribution in [0.5, 0.6) is 0 Å². The number of carbonyl (C=O) groups is 3. The van der Waals surface area contributed by atoms with Crippen molar-refractivity contribution < 1.29 is 52.2 Å². The van der Waals surface area contributed by atoms with Crippen LogP contribution < -0.4 is 0 Å². The summed E-state index contributed by atoms with van der Waals surface area (Å²) in [6.45, 7) is 4.32. The Morgan fingerprint density at radius 2 is 0.659 bits per heavy atom. The van der Waals surface area contributed by atoms with Gasteiger partial charge in [-0.25, -0.2) is 4.57 Å². The molecule has 11 nitrogen and oxygen atoms in total. The minimum Gasteiger partial charge on any atom is -0.462 e. The topological polar surface area (TPSA) is 155 Å². The number of phosphoric acid groups is 1. The monoisotopic (exact) mass is 1160 g/mol. The molecule has 466 valence electrons. The first kappa shape index (κ1) is 77.6. The molecule has 0 aromatic carbocycles. The summed E-state index contributed by atoms with van der Waals surface area (Å²) in [5, 5.41) is 9.86. The summed E-state index contributed by atoms with van der Waals surface area (Å²) >= 11 is 0. The summed E-state index contributed by atoms with van der Waals surface area (Å²) < 4.78 is 39.6. The number of carbonyl (C=O) groups excluding carboxylic acids is 3. The molecular weight excluding hydrogens is 1050 g/mol. The van der Waals surface area contributed by atoms with Crippen LogP contribution in [0.2, 0.25) is 0 Å². The van der Waals surface area contributed by atoms with Gasteiger partial charge in [-0.2, -0.15) is 0 Å². The Kier molecular flexibility index (Phi) is 59.3. The summed E-state index contributed by atoms with van der Waals surface area (Å²) in [6, 6.07) is 0. The normalized spacial score (nSPS) is 14.2. The van der Waals surface area contributed by atoms with E-state index in [0.29, 0.717) is 25.7 Å². The molecule has 2 N–H and O–H groups in total.